The fourth-order valence-corrected chi connectivity index (χ4v) is 3.83. The smallest absolute Gasteiger partial charge is 0.350 e. The molecule has 1 atom stereocenters. The second kappa shape index (κ2) is 7.45. The number of rotatable bonds is 6. The van der Waals surface area contributed by atoms with Gasteiger partial charge in [-0.3, -0.25) is 4.85 Å². The van der Waals surface area contributed by atoms with Crippen LogP contribution in [0.1, 0.15) is 16.5 Å². The zero-order valence-electron chi connectivity index (χ0n) is 14.4. The summed E-state index contributed by atoms with van der Waals surface area (Å²) in [5.74, 6) is 0.930. The Balaban J connectivity index is 2.61. The summed E-state index contributed by atoms with van der Waals surface area (Å²) >= 11 is 0. The standard InChI is InChI=1S/C18H19NO5S/c1-12-6-8-14(9-7-12)25(20,21)18(19-2)13-10-15(22-3)17(24-5)16(11-13)23-4/h6-11,18H,1,3-5H3. The lowest BCUT2D eigenvalue weighted by atomic mass is 10.2. The summed E-state index contributed by atoms with van der Waals surface area (Å²) in [6.07, 6.45) is 0. The summed E-state index contributed by atoms with van der Waals surface area (Å²) < 4.78 is 41.5. The third-order valence-electron chi connectivity index (χ3n) is 3.73. The van der Waals surface area contributed by atoms with Crippen molar-refractivity contribution in [3.63, 3.8) is 0 Å². The molecule has 0 radical (unpaired) electrons. The van der Waals surface area contributed by atoms with Gasteiger partial charge in [-0.15, -0.1) is 0 Å². The average Bonchev–Trinajstić information content (AvgIpc) is 2.61. The van der Waals surface area contributed by atoms with Gasteiger partial charge >= 0.3 is 5.37 Å². The van der Waals surface area contributed by atoms with Gasteiger partial charge in [-0.25, -0.2) is 15.0 Å². The summed E-state index contributed by atoms with van der Waals surface area (Å²) in [5.41, 5.74) is 1.19. The van der Waals surface area contributed by atoms with E-state index in [-0.39, 0.29) is 10.5 Å². The second-order valence-corrected chi connectivity index (χ2v) is 7.31. The quantitative estimate of drug-likeness (QED) is 0.738. The lowest BCUT2D eigenvalue weighted by molar-refractivity contribution is 0.324. The minimum absolute atomic E-state index is 0.0906. The highest BCUT2D eigenvalue weighted by molar-refractivity contribution is 7.91. The summed E-state index contributed by atoms with van der Waals surface area (Å²) in [7, 11) is 0.423. The van der Waals surface area contributed by atoms with Crippen molar-refractivity contribution in [3.05, 3.63) is 58.9 Å². The van der Waals surface area contributed by atoms with E-state index in [0.717, 1.165) is 5.56 Å². The monoisotopic (exact) mass is 361 g/mol. The van der Waals surface area contributed by atoms with Gasteiger partial charge in [0.1, 0.15) is 0 Å². The molecule has 25 heavy (non-hydrogen) atoms. The first-order valence-corrected chi connectivity index (χ1v) is 8.90. The van der Waals surface area contributed by atoms with Gasteiger partial charge in [-0.05, 0) is 31.2 Å². The molecule has 2 aromatic rings. The molecule has 0 spiro atoms. The van der Waals surface area contributed by atoms with Crippen molar-refractivity contribution >= 4 is 9.84 Å². The molecule has 0 aromatic heterocycles. The van der Waals surface area contributed by atoms with Crippen LogP contribution in [-0.2, 0) is 9.84 Å². The molecule has 0 bridgehead atoms. The Kier molecular flexibility index (Phi) is 5.55. The minimum Gasteiger partial charge on any atom is -0.493 e. The number of benzene rings is 2. The van der Waals surface area contributed by atoms with Gasteiger partial charge in [0.25, 0.3) is 9.84 Å². The van der Waals surface area contributed by atoms with Gasteiger partial charge < -0.3 is 14.2 Å². The molecule has 7 heteroatoms. The third-order valence-corrected chi connectivity index (χ3v) is 5.63. The molecule has 0 aliphatic carbocycles. The lowest BCUT2D eigenvalue weighted by Gasteiger charge is -2.15. The molecule has 0 aliphatic heterocycles. The Morgan fingerprint density at radius 3 is 1.88 bits per heavy atom. The molecule has 0 saturated carbocycles. The van der Waals surface area contributed by atoms with Gasteiger partial charge in [-0.2, -0.15) is 0 Å². The van der Waals surface area contributed by atoms with Crippen LogP contribution in [0.5, 0.6) is 17.2 Å². The molecular formula is C18H19NO5S. The van der Waals surface area contributed by atoms with Crippen LogP contribution in [0.2, 0.25) is 0 Å². The molecule has 1 unspecified atom stereocenters. The van der Waals surface area contributed by atoms with Crippen LogP contribution in [0.15, 0.2) is 41.3 Å². The SMILES string of the molecule is [C-]#[N+]C(c1cc(OC)c(OC)c(OC)c1)S(=O)(=O)c1ccc(C)cc1. The van der Waals surface area contributed by atoms with Crippen molar-refractivity contribution in [2.24, 2.45) is 0 Å². The van der Waals surface area contributed by atoms with Crippen LogP contribution >= 0.6 is 0 Å². The van der Waals surface area contributed by atoms with Crippen molar-refractivity contribution in [1.82, 2.24) is 0 Å². The zero-order chi connectivity index (χ0) is 18.6. The lowest BCUT2D eigenvalue weighted by Crippen LogP contribution is -2.11. The van der Waals surface area contributed by atoms with Crippen molar-refractivity contribution < 1.29 is 22.6 Å². The van der Waals surface area contributed by atoms with Gasteiger partial charge in [0.15, 0.2) is 11.5 Å². The molecule has 0 saturated heterocycles. The first-order chi connectivity index (χ1) is 11.9. The Labute approximate surface area is 147 Å². The van der Waals surface area contributed by atoms with Crippen LogP contribution in [0.3, 0.4) is 0 Å². The van der Waals surface area contributed by atoms with Crippen LogP contribution in [-0.4, -0.2) is 29.7 Å². The number of hydrogen-bond donors (Lipinski definition) is 0. The predicted molar refractivity (Wildman–Crippen MR) is 93.8 cm³/mol. The van der Waals surface area contributed by atoms with Gasteiger partial charge in [0.2, 0.25) is 5.75 Å². The molecule has 132 valence electrons. The van der Waals surface area contributed by atoms with Crippen LogP contribution in [0, 0.1) is 13.5 Å². The predicted octanol–water partition coefficient (Wildman–Crippen LogP) is 3.41. The van der Waals surface area contributed by atoms with E-state index in [9.17, 15) is 8.42 Å². The molecule has 6 nitrogen and oxygen atoms in total. The van der Waals surface area contributed by atoms with E-state index in [1.165, 1.54) is 45.6 Å². The second-order valence-electron chi connectivity index (χ2n) is 5.30. The average molecular weight is 361 g/mol. The van der Waals surface area contributed by atoms with Crippen molar-refractivity contribution in [1.29, 1.82) is 0 Å². The maximum absolute atomic E-state index is 12.9. The van der Waals surface area contributed by atoms with E-state index in [2.05, 4.69) is 4.85 Å². The first kappa shape index (κ1) is 18.6. The van der Waals surface area contributed by atoms with Crippen molar-refractivity contribution in [2.45, 2.75) is 17.2 Å². The summed E-state index contributed by atoms with van der Waals surface area (Å²) in [6.45, 7) is 9.29. The number of methoxy groups -OCH3 is 3. The highest BCUT2D eigenvalue weighted by Crippen LogP contribution is 2.42. The van der Waals surface area contributed by atoms with E-state index in [1.54, 1.807) is 12.1 Å². The highest BCUT2D eigenvalue weighted by atomic mass is 32.2. The number of hydrogen-bond acceptors (Lipinski definition) is 5. The number of nitrogens with zero attached hydrogens (tertiary/aromatic N) is 1. The molecule has 0 fully saturated rings. The van der Waals surface area contributed by atoms with Crippen LogP contribution < -0.4 is 14.2 Å². The minimum atomic E-state index is -3.90. The third kappa shape index (κ3) is 3.54. The molecule has 0 amide bonds. The fourth-order valence-electron chi connectivity index (χ4n) is 2.42. The molecular weight excluding hydrogens is 342 g/mol. The molecule has 2 aromatic carbocycles. The summed E-state index contributed by atoms with van der Waals surface area (Å²) in [5, 5.41) is -1.41. The number of aryl methyl sites for hydroxylation is 1. The largest absolute Gasteiger partial charge is 0.493 e. The zero-order valence-corrected chi connectivity index (χ0v) is 15.3. The summed E-state index contributed by atoms with van der Waals surface area (Å²) in [6, 6.07) is 9.36. The van der Waals surface area contributed by atoms with E-state index in [4.69, 9.17) is 20.8 Å². The van der Waals surface area contributed by atoms with Gasteiger partial charge in [-0.1, -0.05) is 17.7 Å². The van der Waals surface area contributed by atoms with E-state index >= 15 is 0 Å². The maximum atomic E-state index is 12.9. The fraction of sp³-hybridized carbons (Fsp3) is 0.278. The Morgan fingerprint density at radius 1 is 0.960 bits per heavy atom. The van der Waals surface area contributed by atoms with E-state index in [1.807, 2.05) is 6.92 Å². The Morgan fingerprint density at radius 2 is 1.48 bits per heavy atom. The highest BCUT2D eigenvalue weighted by Gasteiger charge is 2.36. The Bertz CT molecular complexity index is 873. The van der Waals surface area contributed by atoms with E-state index < -0.39 is 15.2 Å². The topological polar surface area (TPSA) is 66.2 Å². The van der Waals surface area contributed by atoms with Gasteiger partial charge in [0, 0.05) is 0 Å². The molecule has 0 aliphatic rings. The normalized spacial score (nSPS) is 12.1. The van der Waals surface area contributed by atoms with Gasteiger partial charge in [0.05, 0.1) is 31.8 Å². The number of sulfone groups is 1. The first-order valence-electron chi connectivity index (χ1n) is 7.36. The van der Waals surface area contributed by atoms with E-state index in [0.29, 0.717) is 17.2 Å². The van der Waals surface area contributed by atoms with Crippen molar-refractivity contribution in [3.8, 4) is 17.2 Å². The van der Waals surface area contributed by atoms with Crippen LogP contribution in [0.25, 0.3) is 4.85 Å². The maximum Gasteiger partial charge on any atom is 0.350 e. The molecule has 0 heterocycles. The Hall–Kier alpha value is -2.72. The van der Waals surface area contributed by atoms with Crippen LogP contribution in [0.4, 0.5) is 0 Å². The molecule has 0 N–H and O–H groups in total. The van der Waals surface area contributed by atoms with Crippen molar-refractivity contribution in [2.75, 3.05) is 21.3 Å². The number of ether oxygens (including phenoxy) is 3. The summed E-state index contributed by atoms with van der Waals surface area (Å²) in [4.78, 5) is 3.44. The molecule has 2 rings (SSSR count).